The molecular formula is C25H38ClN3O4. The Morgan fingerprint density at radius 2 is 1.79 bits per heavy atom. The number of benzene rings is 1. The molecule has 1 saturated carbocycles. The Morgan fingerprint density at radius 1 is 1.06 bits per heavy atom. The Bertz CT molecular complexity index is 813. The SMILES string of the molecule is COCCN1CCc2ccc(N3CCN([C@H]4CC[C@H](CCC(=O)O)CC4)C3=O)cc2CC1.Cl. The molecule has 0 atom stereocenters. The highest BCUT2D eigenvalue weighted by molar-refractivity contribution is 5.94. The molecule has 1 aromatic rings. The molecule has 7 nitrogen and oxygen atoms in total. The lowest BCUT2D eigenvalue weighted by Crippen LogP contribution is -2.41. The summed E-state index contributed by atoms with van der Waals surface area (Å²) in [6, 6.07) is 7.00. The summed E-state index contributed by atoms with van der Waals surface area (Å²) in [5.74, 6) is -0.217. The van der Waals surface area contributed by atoms with Crippen LogP contribution >= 0.6 is 12.4 Å². The van der Waals surface area contributed by atoms with Gasteiger partial charge in [-0.15, -0.1) is 12.4 Å². The van der Waals surface area contributed by atoms with Crippen LogP contribution in [-0.4, -0.2) is 79.4 Å². The van der Waals surface area contributed by atoms with Crippen molar-refractivity contribution in [2.24, 2.45) is 5.92 Å². The molecule has 8 heteroatoms. The number of nitrogens with zero attached hydrogens (tertiary/aromatic N) is 3. The van der Waals surface area contributed by atoms with Gasteiger partial charge in [0.15, 0.2) is 0 Å². The molecule has 3 aliphatic rings. The molecule has 0 unspecified atom stereocenters. The fourth-order valence-corrected chi connectivity index (χ4v) is 5.57. The Labute approximate surface area is 203 Å². The van der Waals surface area contributed by atoms with Gasteiger partial charge in [-0.1, -0.05) is 6.07 Å². The maximum absolute atomic E-state index is 13.3. The van der Waals surface area contributed by atoms with Crippen LogP contribution in [0.2, 0.25) is 0 Å². The highest BCUT2D eigenvalue weighted by atomic mass is 35.5. The van der Waals surface area contributed by atoms with E-state index < -0.39 is 5.97 Å². The predicted molar refractivity (Wildman–Crippen MR) is 131 cm³/mol. The van der Waals surface area contributed by atoms with Gasteiger partial charge in [0.2, 0.25) is 0 Å². The van der Waals surface area contributed by atoms with Crippen LogP contribution < -0.4 is 4.90 Å². The average molecular weight is 480 g/mol. The molecule has 1 aromatic carbocycles. The van der Waals surface area contributed by atoms with Crippen molar-refractivity contribution in [1.82, 2.24) is 9.80 Å². The number of carboxylic acid groups (broad SMARTS) is 1. The topological polar surface area (TPSA) is 73.3 Å². The van der Waals surface area contributed by atoms with Crippen LogP contribution in [0.4, 0.5) is 10.5 Å². The van der Waals surface area contributed by atoms with Gasteiger partial charge < -0.3 is 19.6 Å². The summed E-state index contributed by atoms with van der Waals surface area (Å²) in [7, 11) is 1.75. The first-order valence-electron chi connectivity index (χ1n) is 12.2. The number of hydrogen-bond acceptors (Lipinski definition) is 4. The number of carbonyl (C=O) groups is 2. The van der Waals surface area contributed by atoms with Crippen LogP contribution in [0.25, 0.3) is 0 Å². The molecule has 2 aliphatic heterocycles. The number of urea groups is 1. The summed E-state index contributed by atoms with van der Waals surface area (Å²) >= 11 is 0. The van der Waals surface area contributed by atoms with E-state index in [0.717, 1.165) is 90.0 Å². The average Bonchev–Trinajstić information content (AvgIpc) is 3.06. The van der Waals surface area contributed by atoms with E-state index in [2.05, 4.69) is 28.0 Å². The van der Waals surface area contributed by atoms with Gasteiger partial charge in [-0.05, 0) is 74.1 Å². The van der Waals surface area contributed by atoms with Crippen molar-refractivity contribution in [1.29, 1.82) is 0 Å². The first kappa shape index (κ1) is 25.8. The summed E-state index contributed by atoms with van der Waals surface area (Å²) in [5.41, 5.74) is 3.79. The number of hydrogen-bond donors (Lipinski definition) is 1. The minimum atomic E-state index is -0.707. The summed E-state index contributed by atoms with van der Waals surface area (Å²) in [5, 5.41) is 8.91. The van der Waals surface area contributed by atoms with E-state index >= 15 is 0 Å². The zero-order valence-electron chi connectivity index (χ0n) is 19.7. The van der Waals surface area contributed by atoms with Crippen molar-refractivity contribution in [3.8, 4) is 0 Å². The quantitative estimate of drug-likeness (QED) is 0.613. The first-order valence-corrected chi connectivity index (χ1v) is 12.2. The van der Waals surface area contributed by atoms with E-state index in [4.69, 9.17) is 9.84 Å². The van der Waals surface area contributed by atoms with Crippen LogP contribution in [0, 0.1) is 5.92 Å². The zero-order chi connectivity index (χ0) is 22.5. The molecule has 2 amide bonds. The van der Waals surface area contributed by atoms with Gasteiger partial charge in [0.1, 0.15) is 0 Å². The van der Waals surface area contributed by atoms with Gasteiger partial charge in [-0.2, -0.15) is 0 Å². The molecule has 33 heavy (non-hydrogen) atoms. The minimum absolute atomic E-state index is 0. The van der Waals surface area contributed by atoms with Crippen LogP contribution in [0.15, 0.2) is 18.2 Å². The predicted octanol–water partition coefficient (Wildman–Crippen LogP) is 3.82. The number of amides is 2. The minimum Gasteiger partial charge on any atom is -0.481 e. The highest BCUT2D eigenvalue weighted by Crippen LogP contribution is 2.33. The number of ether oxygens (including phenoxy) is 1. The number of carboxylic acids is 1. The normalized spacial score (nSPS) is 23.7. The molecule has 0 aromatic heterocycles. The zero-order valence-corrected chi connectivity index (χ0v) is 20.5. The Balaban J connectivity index is 0.00000306. The van der Waals surface area contributed by atoms with Gasteiger partial charge in [-0.25, -0.2) is 4.79 Å². The van der Waals surface area contributed by atoms with Gasteiger partial charge in [0.05, 0.1) is 6.61 Å². The number of carbonyl (C=O) groups excluding carboxylic acids is 1. The van der Waals surface area contributed by atoms with Gasteiger partial charge >= 0.3 is 12.0 Å². The molecule has 1 N–H and O–H groups in total. The van der Waals surface area contributed by atoms with Crippen molar-refractivity contribution in [2.45, 2.75) is 57.4 Å². The fraction of sp³-hybridized carbons (Fsp3) is 0.680. The molecule has 4 rings (SSSR count). The third kappa shape index (κ3) is 6.40. The fourth-order valence-electron chi connectivity index (χ4n) is 5.57. The summed E-state index contributed by atoms with van der Waals surface area (Å²) in [6.07, 6.45) is 7.12. The molecule has 0 radical (unpaired) electrons. The smallest absolute Gasteiger partial charge is 0.324 e. The number of fused-ring (bicyclic) bond motifs is 1. The van der Waals surface area contributed by atoms with Crippen molar-refractivity contribution in [3.63, 3.8) is 0 Å². The van der Waals surface area contributed by atoms with E-state index in [-0.39, 0.29) is 24.9 Å². The monoisotopic (exact) mass is 479 g/mol. The lowest BCUT2D eigenvalue weighted by Gasteiger charge is -2.34. The van der Waals surface area contributed by atoms with Gasteiger partial charge in [0, 0.05) is 58.0 Å². The first-order chi connectivity index (χ1) is 15.5. The molecule has 2 fully saturated rings. The molecule has 2 heterocycles. The number of rotatable bonds is 8. The Kier molecular flexibility index (Phi) is 9.41. The summed E-state index contributed by atoms with van der Waals surface area (Å²) in [6.45, 7) is 5.35. The molecule has 1 saturated heterocycles. The Morgan fingerprint density at radius 3 is 2.48 bits per heavy atom. The Hall–Kier alpha value is -1.83. The second-order valence-electron chi connectivity index (χ2n) is 9.52. The van der Waals surface area contributed by atoms with Crippen molar-refractivity contribution in [3.05, 3.63) is 29.3 Å². The van der Waals surface area contributed by atoms with E-state index in [1.54, 1.807) is 7.11 Å². The maximum atomic E-state index is 13.3. The van der Waals surface area contributed by atoms with Gasteiger partial charge in [0.25, 0.3) is 0 Å². The van der Waals surface area contributed by atoms with Crippen molar-refractivity contribution < 1.29 is 19.4 Å². The van der Waals surface area contributed by atoms with E-state index in [1.807, 2.05) is 4.90 Å². The van der Waals surface area contributed by atoms with Crippen LogP contribution in [0.1, 0.15) is 49.7 Å². The molecule has 0 bridgehead atoms. The second kappa shape index (κ2) is 12.0. The molecule has 184 valence electrons. The summed E-state index contributed by atoms with van der Waals surface area (Å²) in [4.78, 5) is 30.6. The van der Waals surface area contributed by atoms with Gasteiger partial charge in [-0.3, -0.25) is 9.69 Å². The number of aliphatic carboxylic acids is 1. The number of anilines is 1. The van der Waals surface area contributed by atoms with Crippen molar-refractivity contribution in [2.75, 3.05) is 51.3 Å². The third-order valence-electron chi connectivity index (χ3n) is 7.57. The molecule has 1 aliphatic carbocycles. The molecular weight excluding hydrogens is 442 g/mol. The van der Waals surface area contributed by atoms with E-state index in [9.17, 15) is 9.59 Å². The number of methoxy groups -OCH3 is 1. The lowest BCUT2D eigenvalue weighted by molar-refractivity contribution is -0.137. The molecule has 0 spiro atoms. The van der Waals surface area contributed by atoms with Crippen LogP contribution in [-0.2, 0) is 22.4 Å². The lowest BCUT2D eigenvalue weighted by atomic mass is 9.83. The van der Waals surface area contributed by atoms with Crippen LogP contribution in [0.3, 0.4) is 0 Å². The number of halogens is 1. The second-order valence-corrected chi connectivity index (χ2v) is 9.52. The van der Waals surface area contributed by atoms with Crippen LogP contribution in [0.5, 0.6) is 0 Å². The maximum Gasteiger partial charge on any atom is 0.324 e. The van der Waals surface area contributed by atoms with Crippen molar-refractivity contribution >= 4 is 30.1 Å². The highest BCUT2D eigenvalue weighted by Gasteiger charge is 2.36. The standard InChI is InChI=1S/C25H37N3O4.ClH/c1-32-17-16-26-12-10-20-5-8-23(18-21(20)11-13-26)28-15-14-27(25(28)31)22-6-2-19(3-7-22)4-9-24(29)30;/h5,8,18-19,22H,2-4,6-7,9-17H2,1H3,(H,29,30);1H/t19-,22-;. The van der Waals surface area contributed by atoms with E-state index in [0.29, 0.717) is 12.0 Å². The largest absolute Gasteiger partial charge is 0.481 e. The summed E-state index contributed by atoms with van der Waals surface area (Å²) < 4.78 is 5.23. The third-order valence-corrected chi connectivity index (χ3v) is 7.57. The van der Waals surface area contributed by atoms with E-state index in [1.165, 1.54) is 11.1 Å².